The molecule has 1 saturated carbocycles. The Labute approximate surface area is 184 Å². The largest absolute Gasteiger partial charge is 0.497 e. The number of imide groups is 1. The van der Waals surface area contributed by atoms with Gasteiger partial charge in [0, 0.05) is 5.56 Å². The minimum Gasteiger partial charge on any atom is -0.497 e. The van der Waals surface area contributed by atoms with Crippen LogP contribution in [-0.2, 0) is 14.3 Å². The topological polar surface area (TPSA) is 90.0 Å². The first-order chi connectivity index (χ1) is 15.5. The van der Waals surface area contributed by atoms with Crippen LogP contribution in [0.2, 0.25) is 0 Å². The third kappa shape index (κ3) is 3.12. The minimum atomic E-state index is -0.768. The van der Waals surface area contributed by atoms with Gasteiger partial charge >= 0.3 is 5.97 Å². The van der Waals surface area contributed by atoms with Crippen LogP contribution >= 0.6 is 0 Å². The van der Waals surface area contributed by atoms with E-state index in [4.69, 9.17) is 9.47 Å². The van der Waals surface area contributed by atoms with Crippen molar-refractivity contribution in [3.8, 4) is 5.75 Å². The maximum absolute atomic E-state index is 13.1. The molecule has 2 aromatic rings. The molecule has 2 aliphatic carbocycles. The molecule has 1 heterocycles. The molecule has 7 heteroatoms. The lowest BCUT2D eigenvalue weighted by molar-refractivity contribution is -0.123. The summed E-state index contributed by atoms with van der Waals surface area (Å²) >= 11 is 0. The van der Waals surface area contributed by atoms with Crippen molar-refractivity contribution < 1.29 is 28.7 Å². The predicted molar refractivity (Wildman–Crippen MR) is 114 cm³/mol. The summed E-state index contributed by atoms with van der Waals surface area (Å²) in [7, 11) is 1.50. The monoisotopic (exact) mass is 431 g/mol. The number of anilines is 1. The average Bonchev–Trinajstić information content (AvgIpc) is 3.51. The SMILES string of the molecule is COc1cccc(C(=O)COC(=O)c2ccccc2N2C(=O)[C@@H]3[C@H](C2=O)[C@H]2C=C[C@H]3C2)c1. The molecular weight excluding hydrogens is 410 g/mol. The second kappa shape index (κ2) is 7.75. The van der Waals surface area contributed by atoms with Gasteiger partial charge in [0.25, 0.3) is 0 Å². The van der Waals surface area contributed by atoms with Crippen molar-refractivity contribution in [2.24, 2.45) is 23.7 Å². The lowest BCUT2D eigenvalue weighted by Crippen LogP contribution is -2.34. The van der Waals surface area contributed by atoms with Crippen LogP contribution in [0.3, 0.4) is 0 Å². The van der Waals surface area contributed by atoms with Crippen LogP contribution in [-0.4, -0.2) is 37.3 Å². The number of hydrogen-bond donors (Lipinski definition) is 0. The molecule has 2 fully saturated rings. The van der Waals surface area contributed by atoms with E-state index in [-0.39, 0.29) is 52.5 Å². The number of allylic oxidation sites excluding steroid dienone is 2. The van der Waals surface area contributed by atoms with Crippen molar-refractivity contribution in [3.63, 3.8) is 0 Å². The van der Waals surface area contributed by atoms with E-state index in [1.165, 1.54) is 13.2 Å². The Morgan fingerprint density at radius 1 is 0.969 bits per heavy atom. The number of esters is 1. The number of methoxy groups -OCH3 is 1. The normalized spacial score (nSPS) is 25.2. The molecule has 3 aliphatic rings. The fraction of sp³-hybridized carbons (Fsp3) is 0.280. The highest BCUT2D eigenvalue weighted by atomic mass is 16.5. The summed E-state index contributed by atoms with van der Waals surface area (Å²) in [6.45, 7) is -0.471. The maximum atomic E-state index is 13.1. The summed E-state index contributed by atoms with van der Waals surface area (Å²) < 4.78 is 10.4. The molecule has 1 aliphatic heterocycles. The fourth-order valence-corrected chi connectivity index (χ4v) is 5.07. The van der Waals surface area contributed by atoms with Crippen molar-refractivity contribution in [3.05, 3.63) is 71.8 Å². The van der Waals surface area contributed by atoms with Gasteiger partial charge in [-0.25, -0.2) is 9.69 Å². The molecule has 162 valence electrons. The predicted octanol–water partition coefficient (Wildman–Crippen LogP) is 3.05. The number of amides is 2. The Bertz CT molecular complexity index is 1140. The van der Waals surface area contributed by atoms with Gasteiger partial charge < -0.3 is 9.47 Å². The molecular formula is C25H21NO6. The van der Waals surface area contributed by atoms with Crippen LogP contribution in [0.15, 0.2) is 60.7 Å². The molecule has 5 rings (SSSR count). The van der Waals surface area contributed by atoms with Crippen LogP contribution in [0.1, 0.15) is 27.1 Å². The van der Waals surface area contributed by atoms with E-state index >= 15 is 0 Å². The van der Waals surface area contributed by atoms with Gasteiger partial charge in [0.1, 0.15) is 5.75 Å². The number of ether oxygens (including phenoxy) is 2. The molecule has 2 bridgehead atoms. The first-order valence-electron chi connectivity index (χ1n) is 10.5. The van der Waals surface area contributed by atoms with Crippen molar-refractivity contribution in [2.75, 3.05) is 18.6 Å². The Morgan fingerprint density at radius 2 is 1.66 bits per heavy atom. The maximum Gasteiger partial charge on any atom is 0.340 e. The first-order valence-corrected chi connectivity index (χ1v) is 10.5. The Balaban J connectivity index is 1.35. The molecule has 2 aromatic carbocycles. The van der Waals surface area contributed by atoms with Crippen LogP contribution in [0.25, 0.3) is 0 Å². The van der Waals surface area contributed by atoms with E-state index in [0.29, 0.717) is 11.3 Å². The molecule has 32 heavy (non-hydrogen) atoms. The van der Waals surface area contributed by atoms with Crippen molar-refractivity contribution in [1.29, 1.82) is 0 Å². The molecule has 0 radical (unpaired) electrons. The van der Waals surface area contributed by atoms with E-state index in [9.17, 15) is 19.2 Å². The Morgan fingerprint density at radius 3 is 2.34 bits per heavy atom. The van der Waals surface area contributed by atoms with Gasteiger partial charge in [-0.1, -0.05) is 36.4 Å². The number of Topliss-reactive ketones (excluding diaryl/α,β-unsaturated/α-hetero) is 1. The zero-order valence-corrected chi connectivity index (χ0v) is 17.4. The Kier molecular flexibility index (Phi) is 4.89. The number of para-hydroxylation sites is 1. The van der Waals surface area contributed by atoms with Crippen molar-refractivity contribution in [2.45, 2.75) is 6.42 Å². The standard InChI is InChI=1S/C25H21NO6/c1-31-17-6-4-5-14(12-17)20(27)13-32-25(30)18-7-2-3-8-19(18)26-23(28)21-15-9-10-16(11-15)22(21)24(26)29/h2-10,12,15-16,21-22H,11,13H2,1H3/t15-,16-,21-,22+/m0/s1. The quantitative estimate of drug-likeness (QED) is 0.302. The summed E-state index contributed by atoms with van der Waals surface area (Å²) in [6, 6.07) is 12.9. The number of carbonyl (C=O) groups is 4. The summed E-state index contributed by atoms with van der Waals surface area (Å²) in [5, 5.41) is 0. The first kappa shape index (κ1) is 20.2. The van der Waals surface area contributed by atoms with Crippen LogP contribution < -0.4 is 9.64 Å². The van der Waals surface area contributed by atoms with Gasteiger partial charge in [-0.05, 0) is 42.5 Å². The summed E-state index contributed by atoms with van der Waals surface area (Å²) in [4.78, 5) is 52.6. The zero-order valence-electron chi connectivity index (χ0n) is 17.4. The number of carbonyl (C=O) groups excluding carboxylic acids is 4. The number of rotatable bonds is 6. The molecule has 4 atom stereocenters. The van der Waals surface area contributed by atoms with Crippen LogP contribution in [0.5, 0.6) is 5.75 Å². The van der Waals surface area contributed by atoms with Crippen LogP contribution in [0, 0.1) is 23.7 Å². The molecule has 2 amide bonds. The van der Waals surface area contributed by atoms with E-state index in [1.807, 2.05) is 12.2 Å². The molecule has 0 N–H and O–H groups in total. The lowest BCUT2D eigenvalue weighted by Gasteiger charge is -2.20. The highest BCUT2D eigenvalue weighted by molar-refractivity contribution is 6.24. The molecule has 0 aromatic heterocycles. The van der Waals surface area contributed by atoms with E-state index in [0.717, 1.165) is 11.3 Å². The number of ketones is 1. The Hall–Kier alpha value is -3.74. The van der Waals surface area contributed by atoms with Gasteiger partial charge in [0.05, 0.1) is 30.2 Å². The highest BCUT2D eigenvalue weighted by Gasteiger charge is 2.59. The van der Waals surface area contributed by atoms with Crippen LogP contribution in [0.4, 0.5) is 5.69 Å². The van der Waals surface area contributed by atoms with Gasteiger partial charge in [0.2, 0.25) is 11.8 Å². The summed E-state index contributed by atoms with van der Waals surface area (Å²) in [5.74, 6) is -1.76. The smallest absolute Gasteiger partial charge is 0.340 e. The second-order valence-corrected chi connectivity index (χ2v) is 8.26. The van der Waals surface area contributed by atoms with Gasteiger partial charge in [-0.15, -0.1) is 0 Å². The molecule has 0 unspecified atom stereocenters. The second-order valence-electron chi connectivity index (χ2n) is 8.26. The van der Waals surface area contributed by atoms with Gasteiger partial charge in [0.15, 0.2) is 12.4 Å². The molecule has 1 saturated heterocycles. The van der Waals surface area contributed by atoms with E-state index < -0.39 is 12.6 Å². The third-order valence-corrected chi connectivity index (χ3v) is 6.56. The fourth-order valence-electron chi connectivity index (χ4n) is 5.07. The van der Waals surface area contributed by atoms with Gasteiger partial charge in [-0.3, -0.25) is 14.4 Å². The number of nitrogens with zero attached hydrogens (tertiary/aromatic N) is 1. The van der Waals surface area contributed by atoms with Crippen molar-refractivity contribution >= 4 is 29.3 Å². The van der Waals surface area contributed by atoms with E-state index in [1.54, 1.807) is 42.5 Å². The number of fused-ring (bicyclic) bond motifs is 5. The van der Waals surface area contributed by atoms with E-state index in [2.05, 4.69) is 0 Å². The summed E-state index contributed by atoms with van der Waals surface area (Å²) in [6.07, 6.45) is 4.87. The van der Waals surface area contributed by atoms with Crippen molar-refractivity contribution in [1.82, 2.24) is 0 Å². The molecule has 0 spiro atoms. The lowest BCUT2D eigenvalue weighted by atomic mass is 9.85. The number of benzene rings is 2. The highest BCUT2D eigenvalue weighted by Crippen LogP contribution is 2.53. The average molecular weight is 431 g/mol. The summed E-state index contributed by atoms with van der Waals surface area (Å²) in [5.41, 5.74) is 0.634. The number of hydrogen-bond acceptors (Lipinski definition) is 6. The zero-order chi connectivity index (χ0) is 22.4. The van der Waals surface area contributed by atoms with Gasteiger partial charge in [-0.2, -0.15) is 0 Å². The third-order valence-electron chi connectivity index (χ3n) is 6.56. The molecule has 7 nitrogen and oxygen atoms in total. The minimum absolute atomic E-state index is 0.0750.